The maximum atomic E-state index is 11.7. The van der Waals surface area contributed by atoms with Gasteiger partial charge in [0.2, 0.25) is 5.95 Å². The number of esters is 1. The van der Waals surface area contributed by atoms with E-state index in [4.69, 9.17) is 4.74 Å². The van der Waals surface area contributed by atoms with E-state index in [9.17, 15) is 4.79 Å². The van der Waals surface area contributed by atoms with Crippen LogP contribution in [0.5, 0.6) is 0 Å². The monoisotopic (exact) mass is 223 g/mol. The van der Waals surface area contributed by atoms with Crippen LogP contribution < -0.4 is 5.32 Å². The lowest BCUT2D eigenvalue weighted by Gasteiger charge is -2.32. The Morgan fingerprint density at radius 2 is 2.19 bits per heavy atom. The van der Waals surface area contributed by atoms with Crippen molar-refractivity contribution in [1.82, 2.24) is 20.2 Å². The van der Waals surface area contributed by atoms with Crippen molar-refractivity contribution in [1.29, 1.82) is 0 Å². The van der Waals surface area contributed by atoms with Gasteiger partial charge in [-0.15, -0.1) is 0 Å². The molecule has 0 bridgehead atoms. The summed E-state index contributed by atoms with van der Waals surface area (Å²) in [6, 6.07) is 0. The number of methoxy groups -OCH3 is 1. The van der Waals surface area contributed by atoms with E-state index in [1.54, 1.807) is 11.6 Å². The summed E-state index contributed by atoms with van der Waals surface area (Å²) in [5, 5.41) is 14.2. The summed E-state index contributed by atoms with van der Waals surface area (Å²) in [5.41, 5.74) is 0.607. The Morgan fingerprint density at radius 1 is 1.50 bits per heavy atom. The Kier molecular flexibility index (Phi) is 2.18. The molecule has 0 fully saturated rings. The number of hydrogen-bond acceptors (Lipinski definition) is 6. The lowest BCUT2D eigenvalue weighted by Crippen LogP contribution is -2.40. The molecule has 1 aromatic rings. The highest BCUT2D eigenvalue weighted by atomic mass is 16.5. The van der Waals surface area contributed by atoms with Crippen molar-refractivity contribution in [3.63, 3.8) is 0 Å². The normalized spacial score (nSPS) is 17.8. The molecule has 7 heteroatoms. The van der Waals surface area contributed by atoms with E-state index in [1.807, 2.05) is 13.8 Å². The number of aromatic nitrogens is 4. The number of tetrazole rings is 1. The topological polar surface area (TPSA) is 81.9 Å². The fraction of sp³-hybridized carbons (Fsp3) is 0.556. The lowest BCUT2D eigenvalue weighted by atomic mass is 9.91. The standard InChI is InChI=1S/C9H13N5O2/c1-5-6(7(15)16-4)9(2,3)14-8(10-5)11-12-13-14/h1-4H3,(H,10,11,13). The van der Waals surface area contributed by atoms with Gasteiger partial charge in [0, 0.05) is 5.70 Å². The molecule has 1 aliphatic heterocycles. The Morgan fingerprint density at radius 3 is 2.81 bits per heavy atom. The Bertz CT molecular complexity index is 474. The smallest absolute Gasteiger partial charge is 0.337 e. The molecule has 0 aliphatic carbocycles. The quantitative estimate of drug-likeness (QED) is 0.689. The van der Waals surface area contributed by atoms with E-state index in [2.05, 4.69) is 20.8 Å². The van der Waals surface area contributed by atoms with E-state index in [-0.39, 0.29) is 5.97 Å². The van der Waals surface area contributed by atoms with Crippen LogP contribution in [0.2, 0.25) is 0 Å². The first-order valence-electron chi connectivity index (χ1n) is 4.84. The zero-order valence-corrected chi connectivity index (χ0v) is 9.61. The van der Waals surface area contributed by atoms with Gasteiger partial charge in [-0.05, 0) is 31.2 Å². The highest BCUT2D eigenvalue weighted by Crippen LogP contribution is 2.34. The molecule has 0 saturated carbocycles. The van der Waals surface area contributed by atoms with E-state index in [0.717, 1.165) is 0 Å². The summed E-state index contributed by atoms with van der Waals surface area (Å²) < 4.78 is 6.33. The minimum Gasteiger partial charge on any atom is -0.466 e. The molecule has 0 aromatic carbocycles. The van der Waals surface area contributed by atoms with Gasteiger partial charge in [-0.1, -0.05) is 5.10 Å². The maximum absolute atomic E-state index is 11.7. The van der Waals surface area contributed by atoms with Gasteiger partial charge in [-0.2, -0.15) is 0 Å². The number of rotatable bonds is 1. The second kappa shape index (κ2) is 3.29. The van der Waals surface area contributed by atoms with Crippen molar-refractivity contribution < 1.29 is 9.53 Å². The van der Waals surface area contributed by atoms with E-state index < -0.39 is 5.54 Å². The number of hydrogen-bond donors (Lipinski definition) is 1. The van der Waals surface area contributed by atoms with E-state index in [0.29, 0.717) is 17.2 Å². The number of nitrogens with zero attached hydrogens (tertiary/aromatic N) is 4. The molecule has 16 heavy (non-hydrogen) atoms. The van der Waals surface area contributed by atoms with Crippen LogP contribution in [0.1, 0.15) is 20.8 Å². The number of nitrogens with one attached hydrogen (secondary N) is 1. The molecule has 0 radical (unpaired) electrons. The summed E-state index contributed by atoms with van der Waals surface area (Å²) in [4.78, 5) is 11.7. The number of allylic oxidation sites excluding steroid dienone is 1. The van der Waals surface area contributed by atoms with Gasteiger partial charge in [0.25, 0.3) is 0 Å². The third kappa shape index (κ3) is 1.28. The van der Waals surface area contributed by atoms with Crippen LogP contribution in [0.4, 0.5) is 5.95 Å². The first kappa shape index (κ1) is 10.6. The van der Waals surface area contributed by atoms with Gasteiger partial charge in [0.05, 0.1) is 18.2 Å². The maximum Gasteiger partial charge on any atom is 0.337 e. The molecular weight excluding hydrogens is 210 g/mol. The van der Waals surface area contributed by atoms with Crippen molar-refractivity contribution in [3.05, 3.63) is 11.3 Å². The molecule has 2 heterocycles. The van der Waals surface area contributed by atoms with Gasteiger partial charge < -0.3 is 10.1 Å². The highest BCUT2D eigenvalue weighted by Gasteiger charge is 2.39. The number of ether oxygens (including phenoxy) is 1. The average molecular weight is 223 g/mol. The molecule has 0 unspecified atom stereocenters. The first-order valence-corrected chi connectivity index (χ1v) is 4.84. The van der Waals surface area contributed by atoms with Gasteiger partial charge in [-0.25, -0.2) is 9.48 Å². The molecule has 0 saturated heterocycles. The zero-order chi connectivity index (χ0) is 11.9. The van der Waals surface area contributed by atoms with Crippen LogP contribution in [0, 0.1) is 0 Å². The molecule has 1 N–H and O–H groups in total. The van der Waals surface area contributed by atoms with Gasteiger partial charge in [-0.3, -0.25) is 0 Å². The molecule has 0 atom stereocenters. The lowest BCUT2D eigenvalue weighted by molar-refractivity contribution is -0.137. The predicted octanol–water partition coefficient (Wildman–Crippen LogP) is 0.281. The second-order valence-corrected chi connectivity index (χ2v) is 4.09. The third-order valence-electron chi connectivity index (χ3n) is 2.67. The average Bonchev–Trinajstić information content (AvgIpc) is 2.65. The van der Waals surface area contributed by atoms with Crippen molar-refractivity contribution >= 4 is 11.9 Å². The summed E-state index contributed by atoms with van der Waals surface area (Å²) in [5.74, 6) is 0.145. The molecule has 86 valence electrons. The van der Waals surface area contributed by atoms with E-state index in [1.165, 1.54) is 7.11 Å². The van der Waals surface area contributed by atoms with Gasteiger partial charge in [0.1, 0.15) is 0 Å². The van der Waals surface area contributed by atoms with Crippen LogP contribution in [0.25, 0.3) is 0 Å². The van der Waals surface area contributed by atoms with Crippen LogP contribution in [0.3, 0.4) is 0 Å². The van der Waals surface area contributed by atoms with Crippen LogP contribution >= 0.6 is 0 Å². The highest BCUT2D eigenvalue weighted by molar-refractivity contribution is 5.92. The molecular formula is C9H13N5O2. The summed E-state index contributed by atoms with van der Waals surface area (Å²) in [6.45, 7) is 5.53. The molecule has 1 aliphatic rings. The number of carbonyl (C=O) groups is 1. The zero-order valence-electron chi connectivity index (χ0n) is 9.61. The Hall–Kier alpha value is -1.92. The minimum absolute atomic E-state index is 0.379. The molecule has 0 spiro atoms. The Labute approximate surface area is 92.5 Å². The molecule has 2 rings (SSSR count). The number of anilines is 1. The van der Waals surface area contributed by atoms with Crippen molar-refractivity contribution in [3.8, 4) is 0 Å². The second-order valence-electron chi connectivity index (χ2n) is 4.09. The summed E-state index contributed by atoms with van der Waals surface area (Å²) >= 11 is 0. The third-order valence-corrected chi connectivity index (χ3v) is 2.67. The van der Waals surface area contributed by atoms with Crippen molar-refractivity contribution in [2.45, 2.75) is 26.3 Å². The summed E-state index contributed by atoms with van der Waals surface area (Å²) in [7, 11) is 1.35. The van der Waals surface area contributed by atoms with Crippen molar-refractivity contribution in [2.75, 3.05) is 12.4 Å². The van der Waals surface area contributed by atoms with Crippen LogP contribution in [0.15, 0.2) is 11.3 Å². The summed E-state index contributed by atoms with van der Waals surface area (Å²) in [6.07, 6.45) is 0. The van der Waals surface area contributed by atoms with Gasteiger partial charge in [0.15, 0.2) is 0 Å². The largest absolute Gasteiger partial charge is 0.466 e. The van der Waals surface area contributed by atoms with Crippen LogP contribution in [-0.4, -0.2) is 33.3 Å². The predicted molar refractivity (Wildman–Crippen MR) is 55.5 cm³/mol. The molecule has 7 nitrogen and oxygen atoms in total. The van der Waals surface area contributed by atoms with E-state index >= 15 is 0 Å². The number of fused-ring (bicyclic) bond motifs is 1. The Balaban J connectivity index is 2.57. The van der Waals surface area contributed by atoms with Crippen LogP contribution in [-0.2, 0) is 15.1 Å². The fourth-order valence-corrected chi connectivity index (χ4v) is 1.94. The first-order chi connectivity index (χ1) is 7.48. The molecule has 1 aromatic heterocycles. The minimum atomic E-state index is -0.624. The molecule has 0 amide bonds. The van der Waals surface area contributed by atoms with Gasteiger partial charge >= 0.3 is 5.97 Å². The van der Waals surface area contributed by atoms with Crippen molar-refractivity contribution in [2.24, 2.45) is 0 Å². The fourth-order valence-electron chi connectivity index (χ4n) is 1.94. The SMILES string of the molecule is COC(=O)C1=C(C)Nc2nnnn2C1(C)C. The number of carbonyl (C=O) groups excluding carboxylic acids is 1.